The number of anilines is 1. The number of ether oxygens (including phenoxy) is 1. The molecule has 3 rings (SSSR count). The second-order valence-corrected chi connectivity index (χ2v) is 9.35. The SMILES string of the molecule is CCOC(=O)C(NC(=O)CC(C)(C)CC(=O)N1CCCCc2ccccc21)c1cnn(C)c1. The quantitative estimate of drug-likeness (QED) is 0.618. The van der Waals surface area contributed by atoms with Gasteiger partial charge in [-0.1, -0.05) is 32.0 Å². The van der Waals surface area contributed by atoms with Crippen molar-refractivity contribution in [1.82, 2.24) is 15.1 Å². The van der Waals surface area contributed by atoms with Crippen LogP contribution >= 0.6 is 0 Å². The average Bonchev–Trinajstić information content (AvgIpc) is 3.05. The smallest absolute Gasteiger partial charge is 0.333 e. The average molecular weight is 455 g/mol. The number of hydrogen-bond acceptors (Lipinski definition) is 5. The van der Waals surface area contributed by atoms with E-state index in [1.807, 2.05) is 36.9 Å². The fraction of sp³-hybridized carbons (Fsp3) is 0.520. The van der Waals surface area contributed by atoms with E-state index in [1.165, 1.54) is 11.8 Å². The zero-order valence-electron chi connectivity index (χ0n) is 20.0. The topological polar surface area (TPSA) is 93.5 Å². The molecule has 0 fully saturated rings. The zero-order chi connectivity index (χ0) is 24.0. The van der Waals surface area contributed by atoms with Gasteiger partial charge in [-0.25, -0.2) is 4.79 Å². The predicted molar refractivity (Wildman–Crippen MR) is 125 cm³/mol. The van der Waals surface area contributed by atoms with Crippen molar-refractivity contribution < 1.29 is 19.1 Å². The highest BCUT2D eigenvalue weighted by molar-refractivity contribution is 5.95. The number of benzene rings is 1. The number of nitrogens with zero attached hydrogens (tertiary/aromatic N) is 3. The Labute approximate surface area is 195 Å². The van der Waals surface area contributed by atoms with Crippen LogP contribution in [0.5, 0.6) is 0 Å². The summed E-state index contributed by atoms with van der Waals surface area (Å²) in [4.78, 5) is 40.5. The van der Waals surface area contributed by atoms with Crippen molar-refractivity contribution in [3.05, 3.63) is 47.8 Å². The fourth-order valence-corrected chi connectivity index (χ4v) is 4.26. The lowest BCUT2D eigenvalue weighted by molar-refractivity contribution is -0.148. The minimum absolute atomic E-state index is 0.0105. The van der Waals surface area contributed by atoms with Crippen LogP contribution in [0.15, 0.2) is 36.7 Å². The van der Waals surface area contributed by atoms with Gasteiger partial charge in [-0.2, -0.15) is 5.10 Å². The van der Waals surface area contributed by atoms with Gasteiger partial charge in [0.1, 0.15) is 0 Å². The number of hydrogen-bond donors (Lipinski definition) is 1. The van der Waals surface area contributed by atoms with Gasteiger partial charge >= 0.3 is 5.97 Å². The summed E-state index contributed by atoms with van der Waals surface area (Å²) in [5, 5.41) is 6.86. The maximum atomic E-state index is 13.3. The predicted octanol–water partition coefficient (Wildman–Crippen LogP) is 3.32. The Hall–Kier alpha value is -3.16. The number of aryl methyl sites for hydroxylation is 2. The molecule has 0 saturated carbocycles. The number of rotatable bonds is 8. The first-order chi connectivity index (χ1) is 15.7. The third-order valence-corrected chi connectivity index (χ3v) is 5.82. The molecule has 0 spiro atoms. The van der Waals surface area contributed by atoms with Gasteiger partial charge in [0, 0.05) is 43.9 Å². The molecule has 33 heavy (non-hydrogen) atoms. The molecule has 1 N–H and O–H groups in total. The van der Waals surface area contributed by atoms with Gasteiger partial charge in [-0.05, 0) is 43.2 Å². The molecule has 1 aromatic carbocycles. The Morgan fingerprint density at radius 3 is 2.64 bits per heavy atom. The van der Waals surface area contributed by atoms with Crippen molar-refractivity contribution in [3.8, 4) is 0 Å². The number of carbonyl (C=O) groups excluding carboxylic acids is 3. The lowest BCUT2D eigenvalue weighted by atomic mass is 9.84. The van der Waals surface area contributed by atoms with Gasteiger partial charge in [0.25, 0.3) is 0 Å². The number of carbonyl (C=O) groups is 3. The Morgan fingerprint density at radius 2 is 1.94 bits per heavy atom. The summed E-state index contributed by atoms with van der Waals surface area (Å²) in [7, 11) is 1.74. The van der Waals surface area contributed by atoms with Crippen LogP contribution in [0.1, 0.15) is 63.6 Å². The second kappa shape index (κ2) is 10.6. The van der Waals surface area contributed by atoms with E-state index < -0.39 is 17.4 Å². The maximum Gasteiger partial charge on any atom is 0.333 e. The monoisotopic (exact) mass is 454 g/mol. The van der Waals surface area contributed by atoms with Gasteiger partial charge in [0.2, 0.25) is 11.8 Å². The molecule has 1 aliphatic rings. The Balaban J connectivity index is 1.67. The summed E-state index contributed by atoms with van der Waals surface area (Å²) < 4.78 is 6.70. The van der Waals surface area contributed by atoms with Crippen LogP contribution in [-0.2, 0) is 32.6 Å². The van der Waals surface area contributed by atoms with Crippen molar-refractivity contribution in [2.24, 2.45) is 12.5 Å². The Kier molecular flexibility index (Phi) is 7.89. The molecule has 178 valence electrons. The number of nitrogens with one attached hydrogen (secondary N) is 1. The maximum absolute atomic E-state index is 13.3. The van der Waals surface area contributed by atoms with Gasteiger partial charge in [-0.15, -0.1) is 0 Å². The van der Waals surface area contributed by atoms with Crippen LogP contribution in [0, 0.1) is 5.41 Å². The molecule has 1 atom stereocenters. The lowest BCUT2D eigenvalue weighted by Crippen LogP contribution is -2.39. The highest BCUT2D eigenvalue weighted by Crippen LogP contribution is 2.31. The van der Waals surface area contributed by atoms with E-state index >= 15 is 0 Å². The number of aromatic nitrogens is 2. The first-order valence-corrected chi connectivity index (χ1v) is 11.5. The van der Waals surface area contributed by atoms with E-state index in [4.69, 9.17) is 4.74 Å². The molecular weight excluding hydrogens is 420 g/mol. The molecule has 1 aliphatic heterocycles. The molecule has 2 amide bonds. The third kappa shape index (κ3) is 6.43. The highest BCUT2D eigenvalue weighted by atomic mass is 16.5. The van der Waals surface area contributed by atoms with Crippen LogP contribution in [0.3, 0.4) is 0 Å². The highest BCUT2D eigenvalue weighted by Gasteiger charge is 2.32. The molecule has 0 bridgehead atoms. The van der Waals surface area contributed by atoms with Crippen LogP contribution < -0.4 is 10.2 Å². The van der Waals surface area contributed by atoms with Gasteiger partial charge < -0.3 is 15.0 Å². The first kappa shape index (κ1) is 24.5. The third-order valence-electron chi connectivity index (χ3n) is 5.82. The van der Waals surface area contributed by atoms with Crippen LogP contribution in [0.2, 0.25) is 0 Å². The van der Waals surface area contributed by atoms with Crippen molar-refractivity contribution in [2.75, 3.05) is 18.1 Å². The summed E-state index contributed by atoms with van der Waals surface area (Å²) in [6.45, 7) is 6.41. The summed E-state index contributed by atoms with van der Waals surface area (Å²) >= 11 is 0. The second-order valence-electron chi connectivity index (χ2n) is 9.35. The van der Waals surface area contributed by atoms with Crippen molar-refractivity contribution in [3.63, 3.8) is 0 Å². The van der Waals surface area contributed by atoms with Crippen LogP contribution in [0.25, 0.3) is 0 Å². The first-order valence-electron chi connectivity index (χ1n) is 11.5. The van der Waals surface area contributed by atoms with E-state index in [-0.39, 0.29) is 31.3 Å². The summed E-state index contributed by atoms with van der Waals surface area (Å²) in [6, 6.07) is 7.10. The number of esters is 1. The fourth-order valence-electron chi connectivity index (χ4n) is 4.26. The molecule has 0 aliphatic carbocycles. The Bertz CT molecular complexity index is 998. The van der Waals surface area contributed by atoms with Gasteiger partial charge in [0.15, 0.2) is 6.04 Å². The van der Waals surface area contributed by atoms with Crippen LogP contribution in [0.4, 0.5) is 5.69 Å². The van der Waals surface area contributed by atoms with Gasteiger partial charge in [0.05, 0.1) is 12.8 Å². The van der Waals surface area contributed by atoms with Crippen molar-refractivity contribution in [2.45, 2.75) is 58.9 Å². The van der Waals surface area contributed by atoms with E-state index in [2.05, 4.69) is 16.5 Å². The lowest BCUT2D eigenvalue weighted by Gasteiger charge is -2.29. The standard InChI is InChI=1S/C25H34N4O4/c1-5-33-24(32)23(19-16-26-28(4)17-19)27-21(30)14-25(2,3)15-22(31)29-13-9-8-11-18-10-6-7-12-20(18)29/h6-7,10,12,16-17,23H,5,8-9,11,13-15H2,1-4H3,(H,27,30). The summed E-state index contributed by atoms with van der Waals surface area (Å²) in [5.41, 5.74) is 2.13. The van der Waals surface area contributed by atoms with Crippen molar-refractivity contribution >= 4 is 23.5 Å². The molecule has 1 unspecified atom stereocenters. The molecule has 8 nitrogen and oxygen atoms in total. The zero-order valence-corrected chi connectivity index (χ0v) is 20.0. The minimum atomic E-state index is -0.935. The summed E-state index contributed by atoms with van der Waals surface area (Å²) in [6.07, 6.45) is 6.51. The van der Waals surface area contributed by atoms with Crippen molar-refractivity contribution in [1.29, 1.82) is 0 Å². The minimum Gasteiger partial charge on any atom is -0.464 e. The van der Waals surface area contributed by atoms with Gasteiger partial charge in [-0.3, -0.25) is 14.3 Å². The molecular formula is C25H34N4O4. The Morgan fingerprint density at radius 1 is 1.18 bits per heavy atom. The number of para-hydroxylation sites is 1. The van der Waals surface area contributed by atoms with Crippen LogP contribution in [-0.4, -0.2) is 40.7 Å². The van der Waals surface area contributed by atoms with E-state index in [9.17, 15) is 14.4 Å². The molecule has 2 aromatic rings. The number of amides is 2. The largest absolute Gasteiger partial charge is 0.464 e. The molecule has 8 heteroatoms. The molecule has 0 radical (unpaired) electrons. The van der Waals surface area contributed by atoms with E-state index in [1.54, 1.807) is 24.9 Å². The van der Waals surface area contributed by atoms with E-state index in [0.29, 0.717) is 12.1 Å². The molecule has 2 heterocycles. The summed E-state index contributed by atoms with van der Waals surface area (Å²) in [5.74, 6) is -0.837. The molecule has 1 aromatic heterocycles. The van der Waals surface area contributed by atoms with E-state index in [0.717, 1.165) is 24.9 Å². The normalized spacial score (nSPS) is 14.7. The number of fused-ring (bicyclic) bond motifs is 1. The molecule has 0 saturated heterocycles.